The molecule has 0 fully saturated rings. The van der Waals surface area contributed by atoms with Crippen LogP contribution in [0.25, 0.3) is 58.8 Å². The van der Waals surface area contributed by atoms with E-state index in [9.17, 15) is 5.26 Å². The Morgan fingerprint density at radius 3 is 2.14 bits per heavy atom. The number of hydrogen-bond donors (Lipinski definition) is 0. The van der Waals surface area contributed by atoms with Crippen molar-refractivity contribution < 1.29 is 4.58 Å². The lowest BCUT2D eigenvalue weighted by Gasteiger charge is -2.20. The Labute approximate surface area is 292 Å². The normalized spacial score (nSPS) is 12.8. The van der Waals surface area contributed by atoms with Gasteiger partial charge in [0.1, 0.15) is 5.69 Å². The summed E-state index contributed by atoms with van der Waals surface area (Å²) in [5.41, 5.74) is 9.47. The molecule has 9 aromatic rings. The highest BCUT2D eigenvalue weighted by Gasteiger charge is 2.33. The first kappa shape index (κ1) is 28.4. The average Bonchev–Trinajstić information content (AvgIpc) is 3.71. The van der Waals surface area contributed by atoms with Crippen molar-refractivity contribution in [2.24, 2.45) is 4.99 Å². The van der Waals surface area contributed by atoms with Crippen LogP contribution >= 0.6 is 11.3 Å². The lowest BCUT2D eigenvalue weighted by Crippen LogP contribution is -2.34. The molecule has 5 heteroatoms. The third-order valence-corrected chi connectivity index (χ3v) is 10.9. The largest absolute Gasteiger partial charge is 0.309 e. The van der Waals surface area contributed by atoms with Crippen LogP contribution in [0.5, 0.6) is 0 Å². The zero-order chi connectivity index (χ0) is 33.2. The molecule has 7 aromatic carbocycles. The number of hydrogen-bond acceptors (Lipinski definition) is 3. The van der Waals surface area contributed by atoms with Gasteiger partial charge >= 0.3 is 0 Å². The number of nitrogens with zero attached hydrogens (tertiary/aromatic N) is 4. The number of thiophene rings is 1. The van der Waals surface area contributed by atoms with Gasteiger partial charge in [-0.25, -0.2) is 0 Å². The molecule has 4 nitrogen and oxygen atoms in total. The lowest BCUT2D eigenvalue weighted by atomic mass is 10.0. The van der Waals surface area contributed by atoms with Crippen LogP contribution < -0.4 is 0 Å². The fraction of sp³-hybridized carbons (Fsp3) is 0. The van der Waals surface area contributed by atoms with Crippen LogP contribution in [0.4, 0.5) is 5.69 Å². The number of aromatic nitrogens is 1. The summed E-state index contributed by atoms with van der Waals surface area (Å²) in [6.07, 6.45) is 0. The molecule has 0 aliphatic carbocycles. The average molecular weight is 656 g/mol. The second-order valence-electron chi connectivity index (χ2n) is 12.5. The van der Waals surface area contributed by atoms with Crippen molar-refractivity contribution in [1.82, 2.24) is 4.57 Å². The fourth-order valence-corrected chi connectivity index (χ4v) is 8.58. The fourth-order valence-electron chi connectivity index (χ4n) is 7.34. The quantitative estimate of drug-likeness (QED) is 0.170. The molecule has 0 atom stereocenters. The van der Waals surface area contributed by atoms with Crippen LogP contribution in [0.1, 0.15) is 16.7 Å². The first-order valence-electron chi connectivity index (χ1n) is 16.6. The number of rotatable bonds is 5. The van der Waals surface area contributed by atoms with E-state index in [2.05, 4.69) is 137 Å². The predicted molar refractivity (Wildman–Crippen MR) is 207 cm³/mol. The van der Waals surface area contributed by atoms with Gasteiger partial charge in [-0.05, 0) is 83.9 Å². The molecule has 1 aliphatic heterocycles. The molecule has 3 heterocycles. The van der Waals surface area contributed by atoms with Crippen molar-refractivity contribution in [3.8, 4) is 22.9 Å². The minimum Gasteiger partial charge on any atom is -0.309 e. The van der Waals surface area contributed by atoms with E-state index in [4.69, 9.17) is 4.99 Å². The van der Waals surface area contributed by atoms with Crippen LogP contribution in [0.15, 0.2) is 169 Å². The summed E-state index contributed by atoms with van der Waals surface area (Å²) >= 11 is 1.87. The molecule has 50 heavy (non-hydrogen) atoms. The summed E-state index contributed by atoms with van der Waals surface area (Å²) in [7, 11) is 0. The molecule has 0 N–H and O–H groups in total. The highest BCUT2D eigenvalue weighted by molar-refractivity contribution is 7.26. The minimum atomic E-state index is 0.614. The molecular weight excluding hydrogens is 629 g/mol. The Bertz CT molecular complexity index is 2920. The topological polar surface area (TPSA) is 44.1 Å². The zero-order valence-corrected chi connectivity index (χ0v) is 27.6. The molecule has 0 saturated carbocycles. The monoisotopic (exact) mass is 655 g/mol. The maximum absolute atomic E-state index is 9.57. The first-order chi connectivity index (χ1) is 24.7. The Balaban J connectivity index is 1.12. The van der Waals surface area contributed by atoms with Gasteiger partial charge in [-0.3, -0.25) is 0 Å². The van der Waals surface area contributed by atoms with Crippen LogP contribution in [0, 0.1) is 11.3 Å². The third-order valence-electron chi connectivity index (χ3n) is 9.67. The van der Waals surface area contributed by atoms with E-state index in [0.29, 0.717) is 5.56 Å². The number of nitriles is 1. The number of para-hydroxylation sites is 1. The van der Waals surface area contributed by atoms with E-state index in [1.807, 2.05) is 53.8 Å². The molecule has 0 unspecified atom stereocenters. The van der Waals surface area contributed by atoms with E-state index in [0.717, 1.165) is 34.2 Å². The van der Waals surface area contributed by atoms with E-state index in [-0.39, 0.29) is 0 Å². The Kier molecular flexibility index (Phi) is 6.38. The van der Waals surface area contributed by atoms with Gasteiger partial charge in [0, 0.05) is 36.6 Å². The highest BCUT2D eigenvalue weighted by atomic mass is 32.1. The second kappa shape index (κ2) is 11.2. The molecule has 0 bridgehead atoms. The molecule has 232 valence electrons. The van der Waals surface area contributed by atoms with Crippen LogP contribution in [0.3, 0.4) is 0 Å². The molecule has 10 rings (SSSR count). The Morgan fingerprint density at radius 2 is 1.28 bits per heavy atom. The summed E-state index contributed by atoms with van der Waals surface area (Å²) in [6.45, 7) is 0. The summed E-state index contributed by atoms with van der Waals surface area (Å²) in [5, 5.41) is 14.6. The number of benzene rings is 7. The minimum absolute atomic E-state index is 0.614. The van der Waals surface area contributed by atoms with Crippen molar-refractivity contribution in [3.05, 3.63) is 180 Å². The maximum Gasteiger partial charge on any atom is 0.279 e. The first-order valence-corrected chi connectivity index (χ1v) is 17.4. The number of aliphatic imine (C=N–C) groups is 1. The Hall–Kier alpha value is -6.61. The SMILES string of the molecule is N#Cc1cccc(C2=[N+](c3ccc(-n4c5ccccc5c5ccc(-c6cccc7c6sc6ccccc67)cc54)cc3)C(c3ccccc3)=N2)c1. The van der Waals surface area contributed by atoms with E-state index < -0.39 is 0 Å². The molecule has 0 amide bonds. The van der Waals surface area contributed by atoms with Gasteiger partial charge < -0.3 is 4.57 Å². The second-order valence-corrected chi connectivity index (χ2v) is 13.6. The molecule has 0 saturated heterocycles. The standard InChI is InChI=1S/C45H27N4S/c46-28-29-10-8-13-32(26-29)45-47-44(30-11-2-1-3-12-30)49(45)34-23-21-33(22-24-34)48-40-18-6-4-14-36(40)37-25-20-31(27-41(37)48)35-16-9-17-39-38-15-5-7-19-42(38)50-43(35)39/h1-27H/q+1. The van der Waals surface area contributed by atoms with Crippen molar-refractivity contribution in [3.63, 3.8) is 0 Å². The maximum atomic E-state index is 9.57. The summed E-state index contributed by atoms with van der Waals surface area (Å²) in [6, 6.07) is 59.8. The summed E-state index contributed by atoms with van der Waals surface area (Å²) < 4.78 is 7.20. The van der Waals surface area contributed by atoms with Gasteiger partial charge in [0.05, 0.1) is 33.8 Å². The van der Waals surface area contributed by atoms with E-state index in [1.54, 1.807) is 0 Å². The van der Waals surface area contributed by atoms with E-state index >= 15 is 0 Å². The van der Waals surface area contributed by atoms with Crippen molar-refractivity contribution >= 4 is 70.7 Å². The molecular formula is C45H27N4S+. The van der Waals surface area contributed by atoms with Gasteiger partial charge in [0.25, 0.3) is 11.7 Å². The molecule has 2 aromatic heterocycles. The van der Waals surface area contributed by atoms with Gasteiger partial charge in [0.2, 0.25) is 0 Å². The van der Waals surface area contributed by atoms with Gasteiger partial charge in [-0.15, -0.1) is 11.3 Å². The number of fused-ring (bicyclic) bond motifs is 6. The van der Waals surface area contributed by atoms with Crippen molar-refractivity contribution in [1.29, 1.82) is 5.26 Å². The summed E-state index contributed by atoms with van der Waals surface area (Å²) in [4.78, 5) is 4.97. The van der Waals surface area contributed by atoms with Gasteiger partial charge in [-0.1, -0.05) is 96.0 Å². The number of amidine groups is 2. The van der Waals surface area contributed by atoms with Gasteiger partial charge in [0.15, 0.2) is 0 Å². The third kappa shape index (κ3) is 4.36. The zero-order valence-electron chi connectivity index (χ0n) is 26.8. The smallest absolute Gasteiger partial charge is 0.279 e. The lowest BCUT2D eigenvalue weighted by molar-refractivity contribution is -0.319. The molecule has 1 aliphatic rings. The summed E-state index contributed by atoms with van der Waals surface area (Å²) in [5.74, 6) is 1.71. The van der Waals surface area contributed by atoms with Crippen molar-refractivity contribution in [2.75, 3.05) is 0 Å². The van der Waals surface area contributed by atoms with Gasteiger partial charge in [-0.2, -0.15) is 9.84 Å². The van der Waals surface area contributed by atoms with Crippen molar-refractivity contribution in [2.45, 2.75) is 0 Å². The Morgan fingerprint density at radius 1 is 0.560 bits per heavy atom. The van der Waals surface area contributed by atoms with E-state index in [1.165, 1.54) is 53.1 Å². The van der Waals surface area contributed by atoms with Crippen LogP contribution in [-0.4, -0.2) is 20.8 Å². The predicted octanol–water partition coefficient (Wildman–Crippen LogP) is 11.2. The molecule has 0 spiro atoms. The molecule has 0 radical (unpaired) electrons. The van der Waals surface area contributed by atoms with Crippen LogP contribution in [0.2, 0.25) is 0 Å². The highest BCUT2D eigenvalue weighted by Crippen LogP contribution is 2.42. The van der Waals surface area contributed by atoms with Crippen LogP contribution in [-0.2, 0) is 0 Å².